The van der Waals surface area contributed by atoms with Gasteiger partial charge in [-0.1, -0.05) is 32.9 Å². The number of carboxylic acids is 1. The first-order valence-electron chi connectivity index (χ1n) is 9.29. The molecule has 0 aliphatic carbocycles. The second kappa shape index (κ2) is 9.80. The Morgan fingerprint density at radius 3 is 2.71 bits per heavy atom. The van der Waals surface area contributed by atoms with Gasteiger partial charge in [0.2, 0.25) is 0 Å². The van der Waals surface area contributed by atoms with Gasteiger partial charge in [0.25, 0.3) is 10.1 Å². The Hall–Kier alpha value is -1.52. The van der Waals surface area contributed by atoms with Crippen LogP contribution in [0.4, 0.5) is 0 Å². The number of ether oxygens (including phenoxy) is 2. The van der Waals surface area contributed by atoms with Gasteiger partial charge in [-0.05, 0) is 36.6 Å². The highest BCUT2D eigenvalue weighted by atomic mass is 32.2. The number of rotatable bonds is 10. The van der Waals surface area contributed by atoms with Gasteiger partial charge in [-0.15, -0.1) is 0 Å². The minimum atomic E-state index is -3.82. The third kappa shape index (κ3) is 5.99. The molecule has 1 aliphatic heterocycles. The van der Waals surface area contributed by atoms with Gasteiger partial charge in [0.1, 0.15) is 6.04 Å². The number of nitrogens with one attached hydrogen (secondary N) is 1. The molecule has 1 saturated heterocycles. The predicted octanol–water partition coefficient (Wildman–Crippen LogP) is 1.99. The molecule has 0 bridgehead atoms. The molecule has 0 amide bonds. The van der Waals surface area contributed by atoms with Gasteiger partial charge in [0.05, 0.1) is 24.2 Å². The standard InChI is InChI=1S/C19H29NO7S/c1-12(2)10-26-28(23,24)15-7-5-6-14(9-15)11-25-16-8-13(3)18(27-16)17(20-4)19(21)22/h5-7,9,12-13,16-18,20H,8,10-11H2,1-4H3,(H,21,22)/t13-,16?,17?,18-/m1/s1. The molecule has 1 heterocycles. The summed E-state index contributed by atoms with van der Waals surface area (Å²) in [6, 6.07) is 5.57. The zero-order chi connectivity index (χ0) is 20.9. The fourth-order valence-corrected chi connectivity index (χ4v) is 4.15. The maximum atomic E-state index is 12.3. The van der Waals surface area contributed by atoms with Crippen molar-refractivity contribution in [3.05, 3.63) is 29.8 Å². The van der Waals surface area contributed by atoms with Gasteiger partial charge in [-0.3, -0.25) is 8.98 Å². The number of hydrogen-bond donors (Lipinski definition) is 2. The van der Waals surface area contributed by atoms with Crippen LogP contribution in [0.5, 0.6) is 0 Å². The highest BCUT2D eigenvalue weighted by Crippen LogP contribution is 2.30. The number of carbonyl (C=O) groups is 1. The summed E-state index contributed by atoms with van der Waals surface area (Å²) >= 11 is 0. The molecule has 158 valence electrons. The maximum absolute atomic E-state index is 12.3. The van der Waals surface area contributed by atoms with Gasteiger partial charge in [-0.2, -0.15) is 8.42 Å². The van der Waals surface area contributed by atoms with Gasteiger partial charge in [0, 0.05) is 6.42 Å². The normalized spacial score (nSPS) is 23.8. The van der Waals surface area contributed by atoms with Crippen LogP contribution >= 0.6 is 0 Å². The molecule has 2 unspecified atom stereocenters. The van der Waals surface area contributed by atoms with Crippen molar-refractivity contribution < 1.29 is 32.0 Å². The highest BCUT2D eigenvalue weighted by molar-refractivity contribution is 7.86. The summed E-state index contributed by atoms with van der Waals surface area (Å²) in [5, 5.41) is 12.0. The zero-order valence-corrected chi connectivity index (χ0v) is 17.4. The molecule has 2 rings (SSSR count). The molecule has 4 atom stereocenters. The summed E-state index contributed by atoms with van der Waals surface area (Å²) in [4.78, 5) is 11.4. The summed E-state index contributed by atoms with van der Waals surface area (Å²) in [5.41, 5.74) is 0.664. The molecule has 0 aromatic heterocycles. The van der Waals surface area contributed by atoms with Crippen molar-refractivity contribution in [1.29, 1.82) is 0 Å². The number of benzene rings is 1. The molecule has 8 nitrogen and oxygen atoms in total. The molecule has 0 radical (unpaired) electrons. The Balaban J connectivity index is 1.98. The van der Waals surface area contributed by atoms with E-state index in [0.717, 1.165) is 0 Å². The largest absolute Gasteiger partial charge is 0.480 e. The minimum absolute atomic E-state index is 0.00898. The quantitative estimate of drug-likeness (QED) is 0.558. The van der Waals surface area contributed by atoms with Crippen molar-refractivity contribution in [2.45, 2.75) is 57.1 Å². The Morgan fingerprint density at radius 2 is 2.11 bits per heavy atom. The second-order valence-electron chi connectivity index (χ2n) is 7.44. The van der Waals surface area contributed by atoms with E-state index in [4.69, 9.17) is 13.7 Å². The van der Waals surface area contributed by atoms with Crippen molar-refractivity contribution in [2.24, 2.45) is 11.8 Å². The van der Waals surface area contributed by atoms with E-state index in [2.05, 4.69) is 5.32 Å². The van der Waals surface area contributed by atoms with E-state index in [1.54, 1.807) is 19.2 Å². The lowest BCUT2D eigenvalue weighted by Gasteiger charge is -2.22. The molecule has 28 heavy (non-hydrogen) atoms. The molecular formula is C19H29NO7S. The fourth-order valence-electron chi connectivity index (χ4n) is 3.02. The molecular weight excluding hydrogens is 386 g/mol. The second-order valence-corrected chi connectivity index (χ2v) is 9.05. The van der Waals surface area contributed by atoms with Crippen LogP contribution in [-0.4, -0.2) is 51.6 Å². The lowest BCUT2D eigenvalue weighted by Crippen LogP contribution is -2.46. The highest BCUT2D eigenvalue weighted by Gasteiger charge is 2.40. The first-order chi connectivity index (χ1) is 13.1. The summed E-state index contributed by atoms with van der Waals surface area (Å²) in [5.74, 6) is -0.864. The van der Waals surface area contributed by atoms with Crippen LogP contribution in [-0.2, 0) is 35.2 Å². The van der Waals surface area contributed by atoms with Gasteiger partial charge in [-0.25, -0.2) is 0 Å². The van der Waals surface area contributed by atoms with Gasteiger partial charge < -0.3 is 19.9 Å². The average molecular weight is 416 g/mol. The van der Waals surface area contributed by atoms with Crippen molar-refractivity contribution in [1.82, 2.24) is 5.32 Å². The third-order valence-electron chi connectivity index (χ3n) is 4.52. The van der Waals surface area contributed by atoms with Crippen LogP contribution in [0.3, 0.4) is 0 Å². The molecule has 1 aliphatic rings. The van der Waals surface area contributed by atoms with Gasteiger partial charge >= 0.3 is 5.97 Å². The molecule has 0 saturated carbocycles. The van der Waals surface area contributed by atoms with Crippen molar-refractivity contribution in [2.75, 3.05) is 13.7 Å². The SMILES string of the molecule is CNC(C(=O)O)[C@@H]1OC(OCc2cccc(S(=O)(=O)OCC(C)C)c2)C[C@H]1C. The lowest BCUT2D eigenvalue weighted by atomic mass is 9.97. The number of hydrogen-bond acceptors (Lipinski definition) is 7. The van der Waals surface area contributed by atoms with Crippen molar-refractivity contribution in [3.63, 3.8) is 0 Å². The first kappa shape index (κ1) is 22.8. The van der Waals surface area contributed by atoms with E-state index in [1.807, 2.05) is 20.8 Å². The average Bonchev–Trinajstić information content (AvgIpc) is 2.99. The van der Waals surface area contributed by atoms with E-state index in [1.165, 1.54) is 12.1 Å². The summed E-state index contributed by atoms with van der Waals surface area (Å²) in [6.45, 7) is 5.93. The third-order valence-corrected chi connectivity index (χ3v) is 5.80. The Morgan fingerprint density at radius 1 is 1.39 bits per heavy atom. The van der Waals surface area contributed by atoms with Crippen LogP contribution in [0.2, 0.25) is 0 Å². The molecule has 9 heteroatoms. The molecule has 1 aromatic carbocycles. The fraction of sp³-hybridized carbons (Fsp3) is 0.632. The van der Waals surface area contributed by atoms with Gasteiger partial charge in [0.15, 0.2) is 6.29 Å². The lowest BCUT2D eigenvalue weighted by molar-refractivity contribution is -0.160. The van der Waals surface area contributed by atoms with E-state index in [0.29, 0.717) is 12.0 Å². The first-order valence-corrected chi connectivity index (χ1v) is 10.7. The summed E-state index contributed by atoms with van der Waals surface area (Å²) < 4.78 is 41.1. The maximum Gasteiger partial charge on any atom is 0.323 e. The van der Waals surface area contributed by atoms with E-state index < -0.39 is 34.5 Å². The Labute approximate surface area is 166 Å². The topological polar surface area (TPSA) is 111 Å². The summed E-state index contributed by atoms with van der Waals surface area (Å²) in [6.07, 6.45) is -0.484. The van der Waals surface area contributed by atoms with Crippen LogP contribution in [0.25, 0.3) is 0 Å². The van der Waals surface area contributed by atoms with Crippen molar-refractivity contribution >= 4 is 16.1 Å². The molecule has 1 fully saturated rings. The number of aliphatic carboxylic acids is 1. The smallest absolute Gasteiger partial charge is 0.323 e. The van der Waals surface area contributed by atoms with Crippen LogP contribution in [0.1, 0.15) is 32.8 Å². The predicted molar refractivity (Wildman–Crippen MR) is 102 cm³/mol. The van der Waals surface area contributed by atoms with Crippen LogP contribution in [0.15, 0.2) is 29.2 Å². The number of likely N-dealkylation sites (N-methyl/N-ethyl adjacent to an activating group) is 1. The van der Waals surface area contributed by atoms with E-state index in [-0.39, 0.29) is 29.9 Å². The summed E-state index contributed by atoms with van der Waals surface area (Å²) in [7, 11) is -2.24. The van der Waals surface area contributed by atoms with Crippen molar-refractivity contribution in [3.8, 4) is 0 Å². The number of carboxylic acid groups (broad SMARTS) is 1. The van der Waals surface area contributed by atoms with E-state index in [9.17, 15) is 18.3 Å². The zero-order valence-electron chi connectivity index (χ0n) is 16.6. The molecule has 2 N–H and O–H groups in total. The molecule has 0 spiro atoms. The van der Waals surface area contributed by atoms with Crippen LogP contribution < -0.4 is 5.32 Å². The monoisotopic (exact) mass is 415 g/mol. The van der Waals surface area contributed by atoms with Crippen LogP contribution in [0, 0.1) is 11.8 Å². The Kier molecular flexibility index (Phi) is 7.97. The minimum Gasteiger partial charge on any atom is -0.480 e. The Bertz CT molecular complexity index is 765. The molecule has 1 aromatic rings. The van der Waals surface area contributed by atoms with E-state index >= 15 is 0 Å².